The molecule has 6 heteroatoms. The van der Waals surface area contributed by atoms with Crippen LogP contribution in [0, 0.1) is 0 Å². The molecule has 0 fully saturated rings. The van der Waals surface area contributed by atoms with E-state index in [0.717, 1.165) is 0 Å². The van der Waals surface area contributed by atoms with Gasteiger partial charge in [0.1, 0.15) is 17.5 Å². The van der Waals surface area contributed by atoms with E-state index in [-0.39, 0.29) is 11.7 Å². The third kappa shape index (κ3) is 2.50. The average molecular weight is 283 g/mol. The molecular weight excluding hydrogens is 266 g/mol. The summed E-state index contributed by atoms with van der Waals surface area (Å²) in [5.41, 5.74) is -0.824. The number of carbonyl (C=O) groups is 2. The summed E-state index contributed by atoms with van der Waals surface area (Å²) >= 11 is 1.25. The quantitative estimate of drug-likeness (QED) is 0.809. The molecule has 104 valence electrons. The highest BCUT2D eigenvalue weighted by atomic mass is 32.1. The fraction of sp³-hybridized carbons (Fsp3) is 0.538. The minimum Gasteiger partial charge on any atom is -0.484 e. The summed E-state index contributed by atoms with van der Waals surface area (Å²) in [5.74, 6) is 0.270. The number of rotatable bonds is 2. The second-order valence-electron chi connectivity index (χ2n) is 5.22. The molecule has 1 aliphatic rings. The van der Waals surface area contributed by atoms with Crippen LogP contribution in [0.4, 0.5) is 0 Å². The third-order valence-electron chi connectivity index (χ3n) is 3.11. The maximum atomic E-state index is 11.4. The van der Waals surface area contributed by atoms with Crippen molar-refractivity contribution >= 4 is 23.0 Å². The van der Waals surface area contributed by atoms with Gasteiger partial charge in [-0.1, -0.05) is 0 Å². The van der Waals surface area contributed by atoms with Gasteiger partial charge in [-0.15, -0.1) is 11.3 Å². The smallest absolute Gasteiger partial charge is 0.217 e. The van der Waals surface area contributed by atoms with Crippen molar-refractivity contribution in [3.05, 3.63) is 15.8 Å². The molecule has 19 heavy (non-hydrogen) atoms. The number of fused-ring (bicyclic) bond motifs is 1. The van der Waals surface area contributed by atoms with Crippen LogP contribution in [0.5, 0.6) is 5.75 Å². The summed E-state index contributed by atoms with van der Waals surface area (Å²) in [4.78, 5) is 24.0. The Bertz CT molecular complexity index is 535. The van der Waals surface area contributed by atoms with Gasteiger partial charge in [0.2, 0.25) is 5.91 Å². The summed E-state index contributed by atoms with van der Waals surface area (Å²) in [6, 6.07) is 1.12. The van der Waals surface area contributed by atoms with Crippen LogP contribution in [0.1, 0.15) is 48.3 Å². The summed E-state index contributed by atoms with van der Waals surface area (Å²) < 4.78 is 5.73. The molecule has 0 saturated carbocycles. The van der Waals surface area contributed by atoms with Crippen molar-refractivity contribution in [2.75, 3.05) is 0 Å². The minimum absolute atomic E-state index is 0.0585. The number of ether oxygens (including phenoxy) is 1. The number of hydrogen-bond donors (Lipinski definition) is 2. The number of Topliss-reactive ketones (excluding diaryl/α,β-unsaturated/α-hetero) is 1. The van der Waals surface area contributed by atoms with Gasteiger partial charge in [0, 0.05) is 13.0 Å². The topological polar surface area (TPSA) is 75.6 Å². The molecule has 2 rings (SSSR count). The Hall–Kier alpha value is -1.40. The first kappa shape index (κ1) is 14.0. The molecule has 1 aromatic rings. The second kappa shape index (κ2) is 4.61. The summed E-state index contributed by atoms with van der Waals surface area (Å²) in [7, 11) is 0. The first-order valence-electron chi connectivity index (χ1n) is 6.01. The predicted molar refractivity (Wildman–Crippen MR) is 71.6 cm³/mol. The largest absolute Gasteiger partial charge is 0.484 e. The molecule has 0 unspecified atom stereocenters. The zero-order chi connectivity index (χ0) is 14.4. The Balaban J connectivity index is 2.48. The highest BCUT2D eigenvalue weighted by Crippen LogP contribution is 2.44. The number of ketones is 1. The van der Waals surface area contributed by atoms with Gasteiger partial charge in [-0.3, -0.25) is 9.59 Å². The van der Waals surface area contributed by atoms with Crippen LogP contribution in [0.2, 0.25) is 0 Å². The van der Waals surface area contributed by atoms with Gasteiger partial charge in [0.15, 0.2) is 5.78 Å². The van der Waals surface area contributed by atoms with Gasteiger partial charge >= 0.3 is 0 Å². The summed E-state index contributed by atoms with van der Waals surface area (Å²) in [6.45, 7) is 6.38. The Morgan fingerprint density at radius 3 is 2.58 bits per heavy atom. The molecule has 2 atom stereocenters. The van der Waals surface area contributed by atoms with Crippen molar-refractivity contribution in [2.24, 2.45) is 0 Å². The molecule has 0 radical (unpaired) electrons. The Kier molecular flexibility index (Phi) is 3.40. The fourth-order valence-corrected chi connectivity index (χ4v) is 3.17. The maximum absolute atomic E-state index is 11.4. The molecule has 0 aliphatic carbocycles. The normalized spacial score (nSPS) is 24.3. The van der Waals surface area contributed by atoms with Crippen molar-refractivity contribution in [1.29, 1.82) is 0 Å². The van der Waals surface area contributed by atoms with E-state index >= 15 is 0 Å². The van der Waals surface area contributed by atoms with E-state index in [9.17, 15) is 14.7 Å². The first-order chi connectivity index (χ1) is 8.72. The van der Waals surface area contributed by atoms with Gasteiger partial charge in [0.05, 0.1) is 15.8 Å². The van der Waals surface area contributed by atoms with Crippen molar-refractivity contribution in [3.63, 3.8) is 0 Å². The van der Waals surface area contributed by atoms with Crippen LogP contribution < -0.4 is 10.1 Å². The van der Waals surface area contributed by atoms with Crippen LogP contribution in [0.25, 0.3) is 0 Å². The Morgan fingerprint density at radius 2 is 2.05 bits per heavy atom. The van der Waals surface area contributed by atoms with Gasteiger partial charge in [-0.25, -0.2) is 0 Å². The van der Waals surface area contributed by atoms with Gasteiger partial charge < -0.3 is 15.2 Å². The predicted octanol–water partition coefficient (Wildman–Crippen LogP) is 1.66. The minimum atomic E-state index is -0.873. The SMILES string of the molecule is CC(=O)N[C@H]1c2sc(C(C)=O)cc2OC(C)(C)[C@@H]1O. The third-order valence-corrected chi connectivity index (χ3v) is 4.41. The lowest BCUT2D eigenvalue weighted by atomic mass is 9.90. The fourth-order valence-electron chi connectivity index (χ4n) is 2.11. The molecule has 5 nitrogen and oxygen atoms in total. The number of aliphatic hydroxyl groups is 1. The van der Waals surface area contributed by atoms with Crippen molar-refractivity contribution in [2.45, 2.75) is 45.4 Å². The molecule has 2 N–H and O–H groups in total. The van der Waals surface area contributed by atoms with Crippen LogP contribution in [-0.4, -0.2) is 28.5 Å². The van der Waals surface area contributed by atoms with Crippen LogP contribution in [0.3, 0.4) is 0 Å². The molecule has 1 aliphatic heterocycles. The standard InChI is InChI=1S/C13H17NO4S/c1-6(15)9-5-8-11(19-9)10(14-7(2)16)12(17)13(3,4)18-8/h5,10,12,17H,1-4H3,(H,14,16)/t10-,12+/m0/s1. The van der Waals surface area contributed by atoms with Crippen molar-refractivity contribution in [3.8, 4) is 5.75 Å². The number of aliphatic hydroxyl groups excluding tert-OH is 1. The maximum Gasteiger partial charge on any atom is 0.217 e. The summed E-state index contributed by atoms with van der Waals surface area (Å²) in [5, 5.41) is 13.0. The Labute approximate surface area is 115 Å². The van der Waals surface area contributed by atoms with Gasteiger partial charge in [-0.2, -0.15) is 0 Å². The first-order valence-corrected chi connectivity index (χ1v) is 6.83. The van der Waals surface area contributed by atoms with Crippen LogP contribution in [-0.2, 0) is 4.79 Å². The monoisotopic (exact) mass is 283 g/mol. The van der Waals surface area contributed by atoms with Gasteiger partial charge in [-0.05, 0) is 20.8 Å². The van der Waals surface area contributed by atoms with Crippen molar-refractivity contribution < 1.29 is 19.4 Å². The number of amides is 1. The lowest BCUT2D eigenvalue weighted by Gasteiger charge is -2.40. The van der Waals surface area contributed by atoms with E-state index in [1.165, 1.54) is 25.2 Å². The number of carbonyl (C=O) groups excluding carboxylic acids is 2. The number of hydrogen-bond acceptors (Lipinski definition) is 5. The van der Waals surface area contributed by atoms with Crippen LogP contribution in [0.15, 0.2) is 6.07 Å². The van der Waals surface area contributed by atoms with E-state index in [1.54, 1.807) is 19.9 Å². The van der Waals surface area contributed by atoms with E-state index in [1.807, 2.05) is 0 Å². The average Bonchev–Trinajstić information content (AvgIpc) is 2.67. The van der Waals surface area contributed by atoms with E-state index < -0.39 is 17.7 Å². The lowest BCUT2D eigenvalue weighted by Crippen LogP contribution is -2.52. The van der Waals surface area contributed by atoms with E-state index in [4.69, 9.17) is 4.74 Å². The van der Waals surface area contributed by atoms with Gasteiger partial charge in [0.25, 0.3) is 0 Å². The second-order valence-corrected chi connectivity index (χ2v) is 6.31. The number of nitrogens with one attached hydrogen (secondary N) is 1. The molecule has 1 amide bonds. The molecule has 1 aromatic heterocycles. The molecule has 0 saturated heterocycles. The summed E-state index contributed by atoms with van der Waals surface area (Å²) in [6.07, 6.45) is -0.873. The zero-order valence-electron chi connectivity index (χ0n) is 11.3. The molecule has 2 heterocycles. The van der Waals surface area contributed by atoms with Crippen molar-refractivity contribution in [1.82, 2.24) is 5.32 Å². The van der Waals surface area contributed by atoms with E-state index in [0.29, 0.717) is 15.5 Å². The van der Waals surface area contributed by atoms with E-state index in [2.05, 4.69) is 5.32 Å². The molecule has 0 spiro atoms. The zero-order valence-corrected chi connectivity index (χ0v) is 12.1. The highest BCUT2D eigenvalue weighted by molar-refractivity contribution is 7.14. The van der Waals surface area contributed by atoms with Crippen LogP contribution >= 0.6 is 11.3 Å². The Morgan fingerprint density at radius 1 is 1.42 bits per heavy atom. The highest BCUT2D eigenvalue weighted by Gasteiger charge is 2.44. The molecule has 0 aromatic carbocycles. The number of thiophene rings is 1. The molecular formula is C13H17NO4S. The molecule has 0 bridgehead atoms. The lowest BCUT2D eigenvalue weighted by molar-refractivity contribution is -0.123.